The van der Waals surface area contributed by atoms with Crippen molar-refractivity contribution in [1.29, 1.82) is 0 Å². The van der Waals surface area contributed by atoms with Crippen LogP contribution in [0.1, 0.15) is 23.2 Å². The standard InChI is InChI=1S/C26H28FN3O5S/c1-15-7-18(30-36(31)12-19(13-36)32-2)10-21-25(15)20(28-14-29-21)8-16-3-4-17(27)9-23(16)35-24-11-34-22-5-6-33-26(22)24/h3-4,7,9-10,14,19,22,24,26H,5-6,8,11-13H2,1-2H3/t19?,22-,24-,26+,36?/m1/s1. The molecule has 0 saturated carbocycles. The highest BCUT2D eigenvalue weighted by Crippen LogP contribution is 2.34. The number of ether oxygens (including phenoxy) is 4. The maximum Gasteiger partial charge on any atom is 0.150 e. The first-order valence-corrected chi connectivity index (χ1v) is 13.9. The number of methoxy groups -OCH3 is 1. The lowest BCUT2D eigenvalue weighted by Crippen LogP contribution is -2.42. The number of halogens is 1. The largest absolute Gasteiger partial charge is 0.485 e. The van der Waals surface area contributed by atoms with Crippen LogP contribution in [0.4, 0.5) is 10.1 Å². The van der Waals surface area contributed by atoms with Crippen LogP contribution in [0.5, 0.6) is 5.75 Å². The van der Waals surface area contributed by atoms with Crippen molar-refractivity contribution in [3.8, 4) is 5.75 Å². The van der Waals surface area contributed by atoms with E-state index in [0.29, 0.717) is 42.6 Å². The van der Waals surface area contributed by atoms with Crippen molar-refractivity contribution in [1.82, 2.24) is 9.97 Å². The summed E-state index contributed by atoms with van der Waals surface area (Å²) in [6, 6.07) is 8.33. The van der Waals surface area contributed by atoms with Gasteiger partial charge in [0.15, 0.2) is 6.10 Å². The summed E-state index contributed by atoms with van der Waals surface area (Å²) in [6.45, 7) is 3.03. The molecule has 2 aromatic carbocycles. The molecule has 190 valence electrons. The number of nitrogens with zero attached hydrogens (tertiary/aromatic N) is 3. The van der Waals surface area contributed by atoms with Crippen molar-refractivity contribution >= 4 is 26.3 Å². The molecule has 3 aliphatic heterocycles. The van der Waals surface area contributed by atoms with E-state index in [1.165, 1.54) is 18.5 Å². The van der Waals surface area contributed by atoms with Crippen molar-refractivity contribution in [3.05, 3.63) is 59.3 Å². The van der Waals surface area contributed by atoms with Crippen LogP contribution >= 0.6 is 0 Å². The van der Waals surface area contributed by atoms with Crippen molar-refractivity contribution < 1.29 is 27.5 Å². The molecule has 0 spiro atoms. The summed E-state index contributed by atoms with van der Waals surface area (Å²) < 4.78 is 54.7. The normalized spacial score (nSPS) is 29.2. The predicted octanol–water partition coefficient (Wildman–Crippen LogP) is 3.73. The topological polar surface area (TPSA) is 92.1 Å². The Kier molecular flexibility index (Phi) is 6.15. The van der Waals surface area contributed by atoms with Crippen LogP contribution in [0.25, 0.3) is 10.9 Å². The van der Waals surface area contributed by atoms with E-state index in [2.05, 4.69) is 14.3 Å². The first-order chi connectivity index (χ1) is 17.4. The molecule has 8 nitrogen and oxygen atoms in total. The minimum absolute atomic E-state index is 0.00534. The van der Waals surface area contributed by atoms with E-state index in [1.807, 2.05) is 19.1 Å². The average Bonchev–Trinajstić information content (AvgIpc) is 3.44. The third-order valence-electron chi connectivity index (χ3n) is 7.08. The number of rotatable bonds is 6. The van der Waals surface area contributed by atoms with Gasteiger partial charge in [-0.1, -0.05) is 6.07 Å². The molecule has 4 heterocycles. The Morgan fingerprint density at radius 1 is 1.19 bits per heavy atom. The van der Waals surface area contributed by atoms with Crippen LogP contribution in [0.2, 0.25) is 0 Å². The average molecular weight is 514 g/mol. The fraction of sp³-hybridized carbons (Fsp3) is 0.462. The lowest BCUT2D eigenvalue weighted by Gasteiger charge is -2.28. The molecule has 3 aromatic rings. The smallest absolute Gasteiger partial charge is 0.150 e. The highest BCUT2D eigenvalue weighted by Gasteiger charge is 2.43. The summed E-state index contributed by atoms with van der Waals surface area (Å²) in [5.41, 5.74) is 3.91. The van der Waals surface area contributed by atoms with Crippen molar-refractivity contribution in [2.24, 2.45) is 4.36 Å². The number of fused-ring (bicyclic) bond motifs is 2. The van der Waals surface area contributed by atoms with Gasteiger partial charge in [0.25, 0.3) is 0 Å². The van der Waals surface area contributed by atoms with E-state index in [9.17, 15) is 8.60 Å². The molecule has 3 fully saturated rings. The molecular weight excluding hydrogens is 485 g/mol. The summed E-state index contributed by atoms with van der Waals surface area (Å²) in [5.74, 6) is 0.987. The Morgan fingerprint density at radius 2 is 2.06 bits per heavy atom. The Bertz CT molecular complexity index is 1430. The molecule has 0 aliphatic carbocycles. The summed E-state index contributed by atoms with van der Waals surface area (Å²) in [4.78, 5) is 9.00. The van der Waals surface area contributed by atoms with E-state index in [4.69, 9.17) is 18.9 Å². The molecule has 3 saturated heterocycles. The van der Waals surface area contributed by atoms with E-state index in [-0.39, 0.29) is 30.2 Å². The fourth-order valence-electron chi connectivity index (χ4n) is 5.23. The molecule has 6 rings (SSSR count). The Labute approximate surface area is 209 Å². The van der Waals surface area contributed by atoms with Crippen molar-refractivity contribution in [2.45, 2.75) is 44.2 Å². The molecule has 0 radical (unpaired) electrons. The second kappa shape index (κ2) is 9.33. The molecule has 0 N–H and O–H groups in total. The van der Waals surface area contributed by atoms with Gasteiger partial charge in [0, 0.05) is 37.2 Å². The minimum atomic E-state index is -2.29. The summed E-state index contributed by atoms with van der Waals surface area (Å²) in [6.07, 6.45) is 2.42. The Morgan fingerprint density at radius 3 is 2.89 bits per heavy atom. The Hall–Kier alpha value is -2.66. The number of hydrogen-bond acceptors (Lipinski definition) is 8. The lowest BCUT2D eigenvalue weighted by atomic mass is 10.0. The monoisotopic (exact) mass is 513 g/mol. The number of aryl methyl sites for hydroxylation is 1. The summed E-state index contributed by atoms with van der Waals surface area (Å²) in [7, 11) is -0.665. The second-order valence-electron chi connectivity index (χ2n) is 9.61. The number of benzene rings is 2. The Balaban J connectivity index is 1.30. The van der Waals surface area contributed by atoms with Crippen molar-refractivity contribution in [2.75, 3.05) is 31.8 Å². The quantitative estimate of drug-likeness (QED) is 0.496. The molecule has 1 aromatic heterocycles. The number of hydrogen-bond donors (Lipinski definition) is 0. The maximum absolute atomic E-state index is 14.2. The molecule has 3 aliphatic rings. The molecule has 3 atom stereocenters. The fourth-order valence-corrected chi connectivity index (χ4v) is 7.21. The van der Waals surface area contributed by atoms with Gasteiger partial charge in [0.2, 0.25) is 0 Å². The predicted molar refractivity (Wildman–Crippen MR) is 133 cm³/mol. The first-order valence-electron chi connectivity index (χ1n) is 12.1. The van der Waals surface area contributed by atoms with E-state index < -0.39 is 9.73 Å². The molecule has 10 heteroatoms. The highest BCUT2D eigenvalue weighted by atomic mass is 32.2. The van der Waals surface area contributed by atoms with Gasteiger partial charge in [-0.15, -0.1) is 0 Å². The lowest BCUT2D eigenvalue weighted by molar-refractivity contribution is 0.0304. The zero-order chi connectivity index (χ0) is 24.9. The van der Waals surface area contributed by atoms with Crippen LogP contribution in [-0.2, 0) is 30.4 Å². The minimum Gasteiger partial charge on any atom is -0.485 e. The van der Waals surface area contributed by atoms with Gasteiger partial charge < -0.3 is 18.9 Å². The zero-order valence-corrected chi connectivity index (χ0v) is 21.0. The van der Waals surface area contributed by atoms with Gasteiger partial charge in [0.05, 0.1) is 56.9 Å². The van der Waals surface area contributed by atoms with Crippen LogP contribution in [-0.4, -0.2) is 70.4 Å². The van der Waals surface area contributed by atoms with Crippen LogP contribution in [0, 0.1) is 12.7 Å². The molecule has 0 unspecified atom stereocenters. The van der Waals surface area contributed by atoms with Gasteiger partial charge in [-0.2, -0.15) is 4.36 Å². The number of aromatic nitrogens is 2. The van der Waals surface area contributed by atoms with E-state index >= 15 is 0 Å². The van der Waals surface area contributed by atoms with Gasteiger partial charge in [-0.05, 0) is 37.1 Å². The summed E-state index contributed by atoms with van der Waals surface area (Å²) in [5, 5.41) is 0.897. The second-order valence-corrected chi connectivity index (χ2v) is 12.0. The maximum atomic E-state index is 14.2. The zero-order valence-electron chi connectivity index (χ0n) is 20.2. The third-order valence-corrected chi connectivity index (χ3v) is 9.41. The van der Waals surface area contributed by atoms with E-state index in [1.54, 1.807) is 13.2 Å². The first kappa shape index (κ1) is 23.7. The van der Waals surface area contributed by atoms with Crippen molar-refractivity contribution in [3.63, 3.8) is 0 Å². The molecular formula is C26H28FN3O5S. The van der Waals surface area contributed by atoms with Crippen LogP contribution < -0.4 is 4.74 Å². The molecule has 36 heavy (non-hydrogen) atoms. The SMILES string of the molecule is COC1CS(=O)(=Nc2cc(C)c3c(Cc4ccc(F)cc4O[C@@H]4CO[C@@H]5CCO[C@@H]54)ncnc3c2)C1. The van der Waals surface area contributed by atoms with Crippen LogP contribution in [0.3, 0.4) is 0 Å². The van der Waals surface area contributed by atoms with Gasteiger partial charge in [0.1, 0.15) is 24.0 Å². The van der Waals surface area contributed by atoms with Gasteiger partial charge >= 0.3 is 0 Å². The van der Waals surface area contributed by atoms with Crippen LogP contribution in [0.15, 0.2) is 41.0 Å². The molecule has 0 amide bonds. The van der Waals surface area contributed by atoms with Gasteiger partial charge in [-0.3, -0.25) is 0 Å². The van der Waals surface area contributed by atoms with E-state index in [0.717, 1.165) is 34.1 Å². The molecule has 0 bridgehead atoms. The van der Waals surface area contributed by atoms with Gasteiger partial charge in [-0.25, -0.2) is 18.6 Å². The highest BCUT2D eigenvalue weighted by molar-refractivity contribution is 7.95. The summed E-state index contributed by atoms with van der Waals surface area (Å²) >= 11 is 0. The third kappa shape index (κ3) is 4.47.